The van der Waals surface area contributed by atoms with Gasteiger partial charge < -0.3 is 24.7 Å². The van der Waals surface area contributed by atoms with Gasteiger partial charge in [-0.25, -0.2) is 4.98 Å². The molecule has 0 radical (unpaired) electrons. The number of aromatic nitrogens is 4. The molecule has 1 aliphatic rings. The Morgan fingerprint density at radius 2 is 1.60 bits per heavy atom. The molecule has 1 saturated heterocycles. The fourth-order valence-corrected chi connectivity index (χ4v) is 4.37. The summed E-state index contributed by atoms with van der Waals surface area (Å²) >= 11 is 0. The Bertz CT molecular complexity index is 933. The Hall–Kier alpha value is -2.01. The molecular weight excluding hydrogens is 450 g/mol. The van der Waals surface area contributed by atoms with Crippen molar-refractivity contribution in [3.63, 3.8) is 0 Å². The van der Waals surface area contributed by atoms with Gasteiger partial charge in [-0.1, -0.05) is 59.3 Å². The number of nitrogen functional groups attached to an aromatic ring is 1. The SMILES string of the molecule is CCCCCOC[C@H]1O[C@@H](n2cnc3c(=O)[nH]c(N)nc32)[C@H](OCCCCC)[C@@H]1OCCCCC. The van der Waals surface area contributed by atoms with Crippen LogP contribution >= 0.6 is 0 Å². The molecule has 0 amide bonds. The average Bonchev–Trinajstić information content (AvgIpc) is 3.41. The summed E-state index contributed by atoms with van der Waals surface area (Å²) in [7, 11) is 0. The molecule has 2 aromatic rings. The van der Waals surface area contributed by atoms with Gasteiger partial charge in [0.25, 0.3) is 5.56 Å². The van der Waals surface area contributed by atoms with Crippen molar-refractivity contribution in [2.24, 2.45) is 0 Å². The summed E-state index contributed by atoms with van der Waals surface area (Å²) in [5, 5.41) is 0. The highest BCUT2D eigenvalue weighted by atomic mass is 16.6. The number of hydrogen-bond acceptors (Lipinski definition) is 8. The smallest absolute Gasteiger partial charge is 0.280 e. The van der Waals surface area contributed by atoms with Gasteiger partial charge in [0.2, 0.25) is 5.95 Å². The summed E-state index contributed by atoms with van der Waals surface area (Å²) in [4.78, 5) is 23.4. The predicted molar refractivity (Wildman–Crippen MR) is 135 cm³/mol. The number of H-pyrrole nitrogens is 1. The molecule has 0 aliphatic carbocycles. The van der Waals surface area contributed by atoms with Crippen molar-refractivity contribution in [1.29, 1.82) is 0 Å². The molecule has 3 N–H and O–H groups in total. The quantitative estimate of drug-likeness (QED) is 0.317. The van der Waals surface area contributed by atoms with Crippen LogP contribution in [0, 0.1) is 0 Å². The first-order chi connectivity index (χ1) is 17.1. The number of anilines is 1. The summed E-state index contributed by atoms with van der Waals surface area (Å²) in [6.45, 7) is 8.84. The molecular formula is C25H43N5O5. The van der Waals surface area contributed by atoms with Gasteiger partial charge in [0.15, 0.2) is 17.4 Å². The molecule has 0 spiro atoms. The van der Waals surface area contributed by atoms with Crippen molar-refractivity contribution in [1.82, 2.24) is 19.5 Å². The van der Waals surface area contributed by atoms with Gasteiger partial charge >= 0.3 is 0 Å². The van der Waals surface area contributed by atoms with Crippen LogP contribution in [0.25, 0.3) is 11.2 Å². The Labute approximate surface area is 207 Å². The summed E-state index contributed by atoms with van der Waals surface area (Å²) in [6.07, 6.45) is 9.66. The lowest BCUT2D eigenvalue weighted by atomic mass is 10.1. The van der Waals surface area contributed by atoms with Crippen LogP contribution in [-0.4, -0.2) is 64.3 Å². The molecule has 3 rings (SSSR count). The van der Waals surface area contributed by atoms with Crippen LogP contribution < -0.4 is 11.3 Å². The van der Waals surface area contributed by atoms with E-state index in [4.69, 9.17) is 24.7 Å². The van der Waals surface area contributed by atoms with Gasteiger partial charge in [-0.15, -0.1) is 0 Å². The van der Waals surface area contributed by atoms with E-state index in [9.17, 15) is 4.79 Å². The first-order valence-corrected chi connectivity index (χ1v) is 13.3. The lowest BCUT2D eigenvalue weighted by Gasteiger charge is -2.25. The third-order valence-electron chi connectivity index (χ3n) is 6.30. The number of aromatic amines is 1. The largest absolute Gasteiger partial charge is 0.379 e. The molecule has 10 nitrogen and oxygen atoms in total. The molecule has 35 heavy (non-hydrogen) atoms. The molecule has 3 heterocycles. The number of ether oxygens (including phenoxy) is 4. The maximum absolute atomic E-state index is 12.3. The number of hydrogen-bond donors (Lipinski definition) is 2. The normalized spacial score (nSPS) is 22.4. The summed E-state index contributed by atoms with van der Waals surface area (Å²) in [5.74, 6) is 0.0332. The fraction of sp³-hybridized carbons (Fsp3) is 0.800. The van der Waals surface area contributed by atoms with Gasteiger partial charge in [-0.2, -0.15) is 4.98 Å². The van der Waals surface area contributed by atoms with Gasteiger partial charge in [-0.05, 0) is 19.3 Å². The van der Waals surface area contributed by atoms with Crippen LogP contribution in [0.4, 0.5) is 5.95 Å². The maximum atomic E-state index is 12.3. The lowest BCUT2D eigenvalue weighted by molar-refractivity contribution is -0.0807. The van der Waals surface area contributed by atoms with Crippen molar-refractivity contribution in [3.8, 4) is 0 Å². The molecule has 1 aliphatic heterocycles. The number of rotatable bonds is 17. The van der Waals surface area contributed by atoms with Crippen LogP contribution in [0.3, 0.4) is 0 Å². The number of imidazole rings is 1. The minimum atomic E-state index is -0.559. The molecule has 198 valence electrons. The summed E-state index contributed by atoms with van der Waals surface area (Å²) < 4.78 is 27.0. The highest BCUT2D eigenvalue weighted by Gasteiger charge is 2.48. The average molecular weight is 494 g/mol. The van der Waals surface area contributed by atoms with Crippen LogP contribution in [-0.2, 0) is 18.9 Å². The topological polar surface area (TPSA) is 127 Å². The Morgan fingerprint density at radius 1 is 0.971 bits per heavy atom. The Morgan fingerprint density at radius 3 is 2.26 bits per heavy atom. The standard InChI is InChI=1S/C25H43N5O5/c1-4-7-10-13-32-16-18-20(33-14-11-8-5-2)21(34-15-12-9-6-3)24(35-18)30-17-27-19-22(30)28-25(26)29-23(19)31/h17-18,20-21,24H,4-16H2,1-3H3,(H3,26,28,29,31)/t18-,20-,21-,24-/m1/s1. The Balaban J connectivity index is 1.85. The zero-order valence-corrected chi connectivity index (χ0v) is 21.5. The number of fused-ring (bicyclic) bond motifs is 1. The van der Waals surface area contributed by atoms with Gasteiger partial charge in [-0.3, -0.25) is 14.3 Å². The van der Waals surface area contributed by atoms with Crippen LogP contribution in [0.2, 0.25) is 0 Å². The van der Waals surface area contributed by atoms with E-state index in [1.165, 1.54) is 0 Å². The highest BCUT2D eigenvalue weighted by molar-refractivity contribution is 5.70. The zero-order valence-electron chi connectivity index (χ0n) is 21.5. The van der Waals surface area contributed by atoms with Gasteiger partial charge in [0.05, 0.1) is 12.9 Å². The third kappa shape index (κ3) is 7.49. The van der Waals surface area contributed by atoms with E-state index < -0.39 is 12.3 Å². The first-order valence-electron chi connectivity index (χ1n) is 13.3. The molecule has 0 aromatic carbocycles. The maximum Gasteiger partial charge on any atom is 0.280 e. The van der Waals surface area contributed by atoms with E-state index in [0.717, 1.165) is 57.8 Å². The van der Waals surface area contributed by atoms with E-state index >= 15 is 0 Å². The van der Waals surface area contributed by atoms with E-state index in [1.54, 1.807) is 10.9 Å². The van der Waals surface area contributed by atoms with E-state index in [2.05, 4.69) is 35.7 Å². The van der Waals surface area contributed by atoms with Crippen molar-refractivity contribution < 1.29 is 18.9 Å². The van der Waals surface area contributed by atoms with Crippen LogP contribution in [0.15, 0.2) is 11.1 Å². The molecule has 10 heteroatoms. The van der Waals surface area contributed by atoms with Crippen LogP contribution in [0.1, 0.15) is 84.8 Å². The minimum absolute atomic E-state index is 0.0332. The number of unbranched alkanes of at least 4 members (excludes halogenated alkanes) is 6. The number of nitrogens with one attached hydrogen (secondary N) is 1. The second-order valence-electron chi connectivity index (χ2n) is 9.21. The van der Waals surface area contributed by atoms with Crippen molar-refractivity contribution in [2.75, 3.05) is 32.2 Å². The molecule has 1 fully saturated rings. The molecule has 0 bridgehead atoms. The fourth-order valence-electron chi connectivity index (χ4n) is 4.37. The van der Waals surface area contributed by atoms with E-state index in [-0.39, 0.29) is 29.2 Å². The van der Waals surface area contributed by atoms with E-state index in [0.29, 0.717) is 32.1 Å². The minimum Gasteiger partial charge on any atom is -0.379 e. The summed E-state index contributed by atoms with van der Waals surface area (Å²) in [5.41, 5.74) is 6.03. The molecule has 2 aromatic heterocycles. The first kappa shape index (κ1) is 27.6. The number of nitrogens with zero attached hydrogens (tertiary/aromatic N) is 3. The summed E-state index contributed by atoms with van der Waals surface area (Å²) in [6, 6.07) is 0. The highest BCUT2D eigenvalue weighted by Crippen LogP contribution is 2.35. The van der Waals surface area contributed by atoms with Crippen LogP contribution in [0.5, 0.6) is 0 Å². The lowest BCUT2D eigenvalue weighted by Crippen LogP contribution is -2.39. The van der Waals surface area contributed by atoms with Gasteiger partial charge in [0, 0.05) is 19.8 Å². The molecule has 4 atom stereocenters. The monoisotopic (exact) mass is 493 g/mol. The van der Waals surface area contributed by atoms with Crippen molar-refractivity contribution >= 4 is 17.1 Å². The van der Waals surface area contributed by atoms with Crippen molar-refractivity contribution in [2.45, 2.75) is 103 Å². The zero-order chi connectivity index (χ0) is 25.0. The molecule has 0 saturated carbocycles. The van der Waals surface area contributed by atoms with Crippen molar-refractivity contribution in [3.05, 3.63) is 16.7 Å². The number of nitrogens with two attached hydrogens (primary N) is 1. The third-order valence-corrected chi connectivity index (χ3v) is 6.30. The van der Waals surface area contributed by atoms with Gasteiger partial charge in [0.1, 0.15) is 18.3 Å². The predicted octanol–water partition coefficient (Wildman–Crippen LogP) is 3.96. The second kappa shape index (κ2) is 14.5. The second-order valence-corrected chi connectivity index (χ2v) is 9.21. The molecule has 0 unspecified atom stereocenters. The Kier molecular flexibility index (Phi) is 11.4. The van der Waals surface area contributed by atoms with E-state index in [1.807, 2.05) is 0 Å².